The van der Waals surface area contributed by atoms with Crippen LogP contribution in [0.15, 0.2) is 28.9 Å². The quantitative estimate of drug-likeness (QED) is 0.566. The van der Waals surface area contributed by atoms with Crippen LogP contribution in [0.5, 0.6) is 0 Å². The monoisotopic (exact) mass is 458 g/mol. The van der Waals surface area contributed by atoms with Crippen molar-refractivity contribution < 1.29 is 13.2 Å². The summed E-state index contributed by atoms with van der Waals surface area (Å²) in [6.07, 6.45) is 4.83. The van der Waals surface area contributed by atoms with Gasteiger partial charge >= 0.3 is 0 Å². The van der Waals surface area contributed by atoms with E-state index >= 15 is 0 Å². The molecular formula is C18H23BrN2O3S2. The fourth-order valence-corrected chi connectivity index (χ4v) is 4.83. The van der Waals surface area contributed by atoms with Gasteiger partial charge in [-0.2, -0.15) is 0 Å². The predicted molar refractivity (Wildman–Crippen MR) is 111 cm³/mol. The summed E-state index contributed by atoms with van der Waals surface area (Å²) in [6.45, 7) is 4.04. The van der Waals surface area contributed by atoms with E-state index in [-0.39, 0.29) is 5.75 Å². The number of hydrogen-bond acceptors (Lipinski definition) is 5. The van der Waals surface area contributed by atoms with Crippen molar-refractivity contribution >= 4 is 48.1 Å². The number of thiazole rings is 1. The van der Waals surface area contributed by atoms with E-state index in [0.717, 1.165) is 39.7 Å². The Balaban J connectivity index is 1.91. The SMILES string of the molecule is CCCCCS(=O)(=O)CC(=O)Nc1ncc(Cc2ccc(Br)c(C)c2)s1. The number of hydrogen-bond donors (Lipinski definition) is 1. The van der Waals surface area contributed by atoms with Gasteiger partial charge in [-0.3, -0.25) is 4.79 Å². The molecule has 2 rings (SSSR count). The minimum absolute atomic E-state index is 0.0559. The van der Waals surface area contributed by atoms with Gasteiger partial charge in [0.1, 0.15) is 5.75 Å². The van der Waals surface area contributed by atoms with E-state index in [4.69, 9.17) is 0 Å². The minimum atomic E-state index is -3.36. The first-order chi connectivity index (χ1) is 12.3. The van der Waals surface area contributed by atoms with Gasteiger partial charge in [-0.1, -0.05) is 47.8 Å². The minimum Gasteiger partial charge on any atom is -0.301 e. The number of nitrogens with one attached hydrogen (secondary N) is 1. The van der Waals surface area contributed by atoms with Crippen LogP contribution in [-0.2, 0) is 21.1 Å². The number of carbonyl (C=O) groups excluding carboxylic acids is 1. The molecule has 0 atom stereocenters. The van der Waals surface area contributed by atoms with Crippen molar-refractivity contribution in [2.24, 2.45) is 0 Å². The van der Waals surface area contributed by atoms with E-state index in [2.05, 4.69) is 32.3 Å². The molecule has 1 amide bonds. The maximum absolute atomic E-state index is 12.0. The van der Waals surface area contributed by atoms with E-state index in [1.54, 1.807) is 6.20 Å². The molecular weight excluding hydrogens is 436 g/mol. The van der Waals surface area contributed by atoms with Gasteiger partial charge in [-0.25, -0.2) is 13.4 Å². The van der Waals surface area contributed by atoms with Crippen molar-refractivity contribution in [1.29, 1.82) is 0 Å². The molecule has 1 heterocycles. The Kier molecular flexibility index (Phi) is 7.79. The number of benzene rings is 1. The second-order valence-corrected chi connectivity index (χ2v) is 10.4. The van der Waals surface area contributed by atoms with Crippen molar-refractivity contribution in [1.82, 2.24) is 4.98 Å². The maximum atomic E-state index is 12.0. The van der Waals surface area contributed by atoms with Crippen molar-refractivity contribution in [2.75, 3.05) is 16.8 Å². The number of aromatic nitrogens is 1. The Morgan fingerprint density at radius 3 is 2.77 bits per heavy atom. The second-order valence-electron chi connectivity index (χ2n) is 6.24. The van der Waals surface area contributed by atoms with E-state index in [1.807, 2.05) is 26.0 Å². The summed E-state index contributed by atoms with van der Waals surface area (Å²) >= 11 is 4.85. The summed E-state index contributed by atoms with van der Waals surface area (Å²) in [5, 5.41) is 3.03. The molecule has 0 radical (unpaired) electrons. The van der Waals surface area contributed by atoms with Crippen LogP contribution in [-0.4, -0.2) is 30.8 Å². The van der Waals surface area contributed by atoms with Gasteiger partial charge in [0, 0.05) is 22.0 Å². The fourth-order valence-electron chi connectivity index (χ4n) is 2.46. The highest BCUT2D eigenvalue weighted by atomic mass is 79.9. The average Bonchev–Trinajstić information content (AvgIpc) is 2.97. The van der Waals surface area contributed by atoms with Crippen LogP contribution in [0.1, 0.15) is 42.2 Å². The number of rotatable bonds is 9. The molecule has 0 aliphatic carbocycles. The molecule has 1 N–H and O–H groups in total. The molecule has 1 aromatic heterocycles. The molecule has 0 saturated carbocycles. The molecule has 142 valence electrons. The van der Waals surface area contributed by atoms with Gasteiger partial charge in [0.15, 0.2) is 15.0 Å². The summed E-state index contributed by atoms with van der Waals surface area (Å²) in [6, 6.07) is 6.15. The Morgan fingerprint density at radius 2 is 2.08 bits per heavy atom. The number of sulfone groups is 1. The molecule has 26 heavy (non-hydrogen) atoms. The zero-order valence-electron chi connectivity index (χ0n) is 14.9. The summed E-state index contributed by atoms with van der Waals surface area (Å²) in [5.74, 6) is -0.959. The van der Waals surface area contributed by atoms with Gasteiger partial charge in [-0.05, 0) is 30.5 Å². The molecule has 0 aliphatic heterocycles. The normalized spacial score (nSPS) is 11.5. The highest BCUT2D eigenvalue weighted by Crippen LogP contribution is 2.23. The van der Waals surface area contributed by atoms with Gasteiger partial charge in [0.05, 0.1) is 5.75 Å². The molecule has 2 aromatic rings. The summed E-state index contributed by atoms with van der Waals surface area (Å²) < 4.78 is 24.9. The van der Waals surface area contributed by atoms with Gasteiger partial charge < -0.3 is 5.32 Å². The number of unbranched alkanes of at least 4 members (excludes halogenated alkanes) is 2. The molecule has 8 heteroatoms. The predicted octanol–water partition coefficient (Wildman–Crippen LogP) is 4.35. The Morgan fingerprint density at radius 1 is 1.31 bits per heavy atom. The number of carbonyl (C=O) groups is 1. The smallest absolute Gasteiger partial charge is 0.241 e. The summed E-state index contributed by atoms with van der Waals surface area (Å²) in [5.41, 5.74) is 2.32. The van der Waals surface area contributed by atoms with Crippen LogP contribution in [0.2, 0.25) is 0 Å². The zero-order chi connectivity index (χ0) is 19.2. The number of nitrogens with zero attached hydrogens (tertiary/aromatic N) is 1. The molecule has 0 unspecified atom stereocenters. The van der Waals surface area contributed by atoms with Gasteiger partial charge in [0.25, 0.3) is 0 Å². The zero-order valence-corrected chi connectivity index (χ0v) is 18.1. The molecule has 0 spiro atoms. The number of amides is 1. The molecule has 0 bridgehead atoms. The lowest BCUT2D eigenvalue weighted by atomic mass is 10.1. The van der Waals surface area contributed by atoms with E-state index < -0.39 is 21.5 Å². The van der Waals surface area contributed by atoms with Crippen molar-refractivity contribution in [3.05, 3.63) is 44.9 Å². The average molecular weight is 459 g/mol. The Labute approximate surface area is 167 Å². The number of aryl methyl sites for hydroxylation is 1. The van der Waals surface area contributed by atoms with Crippen molar-refractivity contribution in [2.45, 2.75) is 39.5 Å². The Hall–Kier alpha value is -1.25. The van der Waals surface area contributed by atoms with Crippen LogP contribution in [0.25, 0.3) is 0 Å². The van der Waals surface area contributed by atoms with Gasteiger partial charge in [-0.15, -0.1) is 11.3 Å². The first kappa shape index (κ1) is 21.1. The molecule has 0 saturated heterocycles. The molecule has 1 aromatic carbocycles. The molecule has 5 nitrogen and oxygen atoms in total. The Bertz CT molecular complexity index is 863. The standard InChI is InChI=1S/C18H23BrN2O3S2/c1-3-4-5-8-26(23,24)12-17(22)21-18-20-11-15(25-18)10-14-6-7-16(19)13(2)9-14/h6-7,9,11H,3-5,8,10,12H2,1-2H3,(H,20,21,22). The van der Waals surface area contributed by atoms with Crippen LogP contribution in [0, 0.1) is 6.92 Å². The highest BCUT2D eigenvalue weighted by molar-refractivity contribution is 9.10. The van der Waals surface area contributed by atoms with E-state index in [1.165, 1.54) is 11.3 Å². The first-order valence-corrected chi connectivity index (χ1v) is 11.9. The third kappa shape index (κ3) is 6.81. The largest absolute Gasteiger partial charge is 0.301 e. The first-order valence-electron chi connectivity index (χ1n) is 8.49. The van der Waals surface area contributed by atoms with Gasteiger partial charge in [0.2, 0.25) is 5.91 Å². The third-order valence-electron chi connectivity index (χ3n) is 3.81. The summed E-state index contributed by atoms with van der Waals surface area (Å²) in [4.78, 5) is 17.2. The van der Waals surface area contributed by atoms with Crippen LogP contribution >= 0.6 is 27.3 Å². The van der Waals surface area contributed by atoms with Crippen LogP contribution < -0.4 is 5.32 Å². The number of halogens is 1. The van der Waals surface area contributed by atoms with E-state index in [0.29, 0.717) is 11.6 Å². The lowest BCUT2D eigenvalue weighted by Crippen LogP contribution is -2.24. The second kappa shape index (κ2) is 9.62. The fraction of sp³-hybridized carbons (Fsp3) is 0.444. The summed E-state index contributed by atoms with van der Waals surface area (Å²) in [7, 11) is -3.36. The van der Waals surface area contributed by atoms with Crippen LogP contribution in [0.3, 0.4) is 0 Å². The molecule has 0 aliphatic rings. The van der Waals surface area contributed by atoms with E-state index in [9.17, 15) is 13.2 Å². The lowest BCUT2D eigenvalue weighted by Gasteiger charge is -2.04. The lowest BCUT2D eigenvalue weighted by molar-refractivity contribution is -0.113. The number of anilines is 1. The topological polar surface area (TPSA) is 76.1 Å². The highest BCUT2D eigenvalue weighted by Gasteiger charge is 2.17. The van der Waals surface area contributed by atoms with Crippen molar-refractivity contribution in [3.8, 4) is 0 Å². The molecule has 0 fully saturated rings. The van der Waals surface area contributed by atoms with Crippen LogP contribution in [0.4, 0.5) is 5.13 Å². The third-order valence-corrected chi connectivity index (χ3v) is 7.23. The maximum Gasteiger partial charge on any atom is 0.241 e. The van der Waals surface area contributed by atoms with Crippen molar-refractivity contribution in [3.63, 3.8) is 0 Å².